The Kier molecular flexibility index (Phi) is 5.56. The van der Waals surface area contributed by atoms with Crippen molar-refractivity contribution in [1.82, 2.24) is 0 Å². The van der Waals surface area contributed by atoms with Crippen molar-refractivity contribution in [3.8, 4) is 0 Å². The summed E-state index contributed by atoms with van der Waals surface area (Å²) in [5.41, 5.74) is -0.986. The normalized spacial score (nSPS) is 30.3. The van der Waals surface area contributed by atoms with Crippen molar-refractivity contribution in [2.24, 2.45) is 0 Å². The van der Waals surface area contributed by atoms with Gasteiger partial charge in [-0.2, -0.15) is 0 Å². The molecule has 0 saturated carbocycles. The molecule has 0 bridgehead atoms. The van der Waals surface area contributed by atoms with Crippen molar-refractivity contribution in [2.45, 2.75) is 44.6 Å². The SMILES string of the molecule is CC(=O)O[C@@H]1[C@H](OC(C)=O)[C@H](OC(C)=O)CO[C@@H]1Cl. The lowest BCUT2D eigenvalue weighted by Crippen LogP contribution is -2.55. The number of rotatable bonds is 3. The van der Waals surface area contributed by atoms with E-state index in [0.717, 1.165) is 0 Å². The van der Waals surface area contributed by atoms with Crippen molar-refractivity contribution in [1.29, 1.82) is 0 Å². The van der Waals surface area contributed by atoms with E-state index >= 15 is 0 Å². The lowest BCUT2D eigenvalue weighted by atomic mass is 10.1. The van der Waals surface area contributed by atoms with Crippen LogP contribution in [0.3, 0.4) is 0 Å². The zero-order chi connectivity index (χ0) is 14.6. The van der Waals surface area contributed by atoms with Gasteiger partial charge in [0.25, 0.3) is 0 Å². The summed E-state index contributed by atoms with van der Waals surface area (Å²) < 4.78 is 20.1. The average molecular weight is 295 g/mol. The Balaban J connectivity index is 2.89. The molecule has 4 atom stereocenters. The van der Waals surface area contributed by atoms with Gasteiger partial charge >= 0.3 is 17.9 Å². The van der Waals surface area contributed by atoms with Gasteiger partial charge in [0.2, 0.25) is 0 Å². The summed E-state index contributed by atoms with van der Waals surface area (Å²) in [6, 6.07) is 0. The molecule has 0 spiro atoms. The molecule has 1 rings (SSSR count). The van der Waals surface area contributed by atoms with Gasteiger partial charge in [0.15, 0.2) is 23.9 Å². The fourth-order valence-electron chi connectivity index (χ4n) is 1.70. The molecule has 1 aliphatic rings. The number of carbonyl (C=O) groups is 3. The minimum Gasteiger partial charge on any atom is -0.456 e. The van der Waals surface area contributed by atoms with E-state index in [1.54, 1.807) is 0 Å². The quantitative estimate of drug-likeness (QED) is 0.422. The minimum atomic E-state index is -1.04. The summed E-state index contributed by atoms with van der Waals surface area (Å²) in [6.45, 7) is 3.53. The van der Waals surface area contributed by atoms with Crippen molar-refractivity contribution < 1.29 is 33.3 Å². The zero-order valence-corrected chi connectivity index (χ0v) is 11.5. The van der Waals surface area contributed by atoms with Gasteiger partial charge in [-0.1, -0.05) is 11.6 Å². The molecule has 1 heterocycles. The van der Waals surface area contributed by atoms with Crippen molar-refractivity contribution in [3.63, 3.8) is 0 Å². The number of carbonyl (C=O) groups excluding carboxylic acids is 3. The Hall–Kier alpha value is -1.34. The largest absolute Gasteiger partial charge is 0.456 e. The molecule has 108 valence electrons. The van der Waals surface area contributed by atoms with Gasteiger partial charge in [-0.05, 0) is 0 Å². The van der Waals surface area contributed by atoms with Gasteiger partial charge in [-0.25, -0.2) is 0 Å². The Labute approximate surface area is 115 Å². The second-order valence-electron chi connectivity index (χ2n) is 3.98. The molecule has 0 aromatic carbocycles. The fraction of sp³-hybridized carbons (Fsp3) is 0.727. The van der Waals surface area contributed by atoms with Crippen LogP contribution in [0.1, 0.15) is 20.8 Å². The van der Waals surface area contributed by atoms with E-state index in [2.05, 4.69) is 0 Å². The van der Waals surface area contributed by atoms with E-state index in [0.29, 0.717) is 0 Å². The molecule has 8 heteroatoms. The summed E-state index contributed by atoms with van der Waals surface area (Å²) in [5, 5.41) is 0. The summed E-state index contributed by atoms with van der Waals surface area (Å²) in [4.78, 5) is 33.1. The van der Waals surface area contributed by atoms with Crippen LogP contribution < -0.4 is 0 Å². The third-order valence-electron chi connectivity index (χ3n) is 2.29. The van der Waals surface area contributed by atoms with E-state index in [4.69, 9.17) is 30.5 Å². The average Bonchev–Trinajstić information content (AvgIpc) is 2.25. The fourth-order valence-corrected chi connectivity index (χ4v) is 1.97. The summed E-state index contributed by atoms with van der Waals surface area (Å²) in [5.74, 6) is -1.79. The third kappa shape index (κ3) is 4.68. The molecule has 19 heavy (non-hydrogen) atoms. The van der Waals surface area contributed by atoms with Crippen LogP contribution in [-0.2, 0) is 33.3 Å². The highest BCUT2D eigenvalue weighted by atomic mass is 35.5. The van der Waals surface area contributed by atoms with Gasteiger partial charge in [0.1, 0.15) is 0 Å². The second-order valence-corrected chi connectivity index (χ2v) is 4.41. The lowest BCUT2D eigenvalue weighted by Gasteiger charge is -2.38. The standard InChI is InChI=1S/C11H15ClO7/c1-5(13)17-8-4-16-11(12)10(19-7(3)15)9(8)18-6(2)14/h8-11H,4H2,1-3H3/t8-,9-,10-,11+/m1/s1. The van der Waals surface area contributed by atoms with Crippen LogP contribution in [0.15, 0.2) is 0 Å². The maximum atomic E-state index is 11.1. The van der Waals surface area contributed by atoms with Crippen molar-refractivity contribution in [3.05, 3.63) is 0 Å². The number of ether oxygens (including phenoxy) is 4. The molecule has 0 aliphatic carbocycles. The van der Waals surface area contributed by atoms with Gasteiger partial charge in [-0.3, -0.25) is 14.4 Å². The van der Waals surface area contributed by atoms with Gasteiger partial charge in [-0.15, -0.1) is 0 Å². The topological polar surface area (TPSA) is 88.1 Å². The van der Waals surface area contributed by atoms with E-state index in [1.807, 2.05) is 0 Å². The predicted molar refractivity (Wildman–Crippen MR) is 62.3 cm³/mol. The first-order valence-corrected chi connectivity index (χ1v) is 6.02. The lowest BCUT2D eigenvalue weighted by molar-refractivity contribution is -0.214. The number of halogens is 1. The highest BCUT2D eigenvalue weighted by Gasteiger charge is 2.46. The minimum absolute atomic E-state index is 0.0521. The first kappa shape index (κ1) is 15.7. The Morgan fingerprint density at radius 1 is 0.947 bits per heavy atom. The summed E-state index contributed by atoms with van der Waals surface area (Å²) >= 11 is 5.88. The molecule has 7 nitrogen and oxygen atoms in total. The molecule has 0 N–H and O–H groups in total. The molecule has 1 saturated heterocycles. The van der Waals surface area contributed by atoms with Crippen LogP contribution in [0.25, 0.3) is 0 Å². The molecule has 0 radical (unpaired) electrons. The summed E-state index contributed by atoms with van der Waals surface area (Å²) in [7, 11) is 0. The highest BCUT2D eigenvalue weighted by molar-refractivity contribution is 6.20. The predicted octanol–water partition coefficient (Wildman–Crippen LogP) is 0.377. The van der Waals surface area contributed by atoms with Gasteiger partial charge in [0.05, 0.1) is 6.61 Å². The maximum Gasteiger partial charge on any atom is 0.303 e. The van der Waals surface area contributed by atoms with Gasteiger partial charge in [0, 0.05) is 20.8 Å². The number of alkyl halides is 1. The van der Waals surface area contributed by atoms with Crippen LogP contribution in [-0.4, -0.2) is 48.4 Å². The van der Waals surface area contributed by atoms with E-state index < -0.39 is 41.8 Å². The maximum absolute atomic E-state index is 11.1. The zero-order valence-electron chi connectivity index (χ0n) is 10.8. The van der Waals surface area contributed by atoms with Crippen LogP contribution in [0, 0.1) is 0 Å². The molecular formula is C11H15ClO7. The number of hydrogen-bond donors (Lipinski definition) is 0. The van der Waals surface area contributed by atoms with Crippen molar-refractivity contribution >= 4 is 29.5 Å². The molecule has 0 aromatic heterocycles. The van der Waals surface area contributed by atoms with E-state index in [-0.39, 0.29) is 6.61 Å². The van der Waals surface area contributed by atoms with E-state index in [1.165, 1.54) is 20.8 Å². The number of hydrogen-bond acceptors (Lipinski definition) is 7. The molecule has 0 aromatic rings. The Bertz CT molecular complexity index is 370. The molecule has 0 amide bonds. The smallest absolute Gasteiger partial charge is 0.303 e. The van der Waals surface area contributed by atoms with Crippen LogP contribution in [0.4, 0.5) is 0 Å². The highest BCUT2D eigenvalue weighted by Crippen LogP contribution is 2.26. The molecule has 0 unspecified atom stereocenters. The van der Waals surface area contributed by atoms with E-state index in [9.17, 15) is 14.4 Å². The Morgan fingerprint density at radius 3 is 1.89 bits per heavy atom. The van der Waals surface area contributed by atoms with Crippen LogP contribution in [0.2, 0.25) is 0 Å². The third-order valence-corrected chi connectivity index (χ3v) is 2.66. The molecular weight excluding hydrogens is 280 g/mol. The Morgan fingerprint density at radius 2 is 1.42 bits per heavy atom. The van der Waals surface area contributed by atoms with Gasteiger partial charge < -0.3 is 18.9 Å². The van der Waals surface area contributed by atoms with Crippen molar-refractivity contribution in [2.75, 3.05) is 6.61 Å². The summed E-state index contributed by atoms with van der Waals surface area (Å²) in [6.07, 6.45) is -2.91. The van der Waals surface area contributed by atoms with Crippen LogP contribution in [0.5, 0.6) is 0 Å². The monoisotopic (exact) mass is 294 g/mol. The first-order chi connectivity index (χ1) is 8.81. The number of esters is 3. The molecule has 1 fully saturated rings. The molecule has 1 aliphatic heterocycles. The second kappa shape index (κ2) is 6.72. The van der Waals surface area contributed by atoms with Crippen LogP contribution >= 0.6 is 11.6 Å². The first-order valence-electron chi connectivity index (χ1n) is 5.58.